The third-order valence-corrected chi connectivity index (χ3v) is 4.94. The summed E-state index contributed by atoms with van der Waals surface area (Å²) in [6, 6.07) is 6.84. The summed E-state index contributed by atoms with van der Waals surface area (Å²) in [4.78, 5) is 51.2. The van der Waals surface area contributed by atoms with E-state index in [0.717, 1.165) is 10.6 Å². The summed E-state index contributed by atoms with van der Waals surface area (Å²) in [6.07, 6.45) is 0.803. The van der Waals surface area contributed by atoms with Gasteiger partial charge in [-0.2, -0.15) is 0 Å². The van der Waals surface area contributed by atoms with Gasteiger partial charge in [0.2, 0.25) is 5.91 Å². The minimum absolute atomic E-state index is 0.0151. The molecule has 158 valence electrons. The van der Waals surface area contributed by atoms with Crippen molar-refractivity contribution in [2.45, 2.75) is 50.7 Å². The minimum Gasteiger partial charge on any atom is -0.452 e. The van der Waals surface area contributed by atoms with Crippen molar-refractivity contribution in [3.63, 3.8) is 0 Å². The first-order chi connectivity index (χ1) is 13.5. The van der Waals surface area contributed by atoms with E-state index in [-0.39, 0.29) is 18.9 Å². The third kappa shape index (κ3) is 6.49. The lowest BCUT2D eigenvalue weighted by Gasteiger charge is -2.21. The zero-order valence-electron chi connectivity index (χ0n) is 17.3. The fourth-order valence-electron chi connectivity index (χ4n) is 2.80. The van der Waals surface area contributed by atoms with Gasteiger partial charge >= 0.3 is 12.0 Å². The first-order valence-electron chi connectivity index (χ1n) is 9.28. The van der Waals surface area contributed by atoms with Crippen molar-refractivity contribution >= 4 is 41.3 Å². The zero-order chi connectivity index (χ0) is 21.8. The Labute approximate surface area is 174 Å². The molecule has 0 spiro atoms. The van der Waals surface area contributed by atoms with Crippen LogP contribution in [-0.4, -0.2) is 48.3 Å². The number of carbonyl (C=O) groups excluding carboxylic acids is 4. The van der Waals surface area contributed by atoms with Gasteiger partial charge in [-0.25, -0.2) is 4.79 Å². The van der Waals surface area contributed by atoms with E-state index >= 15 is 0 Å². The van der Waals surface area contributed by atoms with Crippen LogP contribution < -0.4 is 15.5 Å². The predicted octanol–water partition coefficient (Wildman–Crippen LogP) is 2.32. The van der Waals surface area contributed by atoms with E-state index in [0.29, 0.717) is 0 Å². The zero-order valence-corrected chi connectivity index (χ0v) is 18.1. The molecule has 0 radical (unpaired) electrons. The van der Waals surface area contributed by atoms with Crippen molar-refractivity contribution in [2.75, 3.05) is 17.7 Å². The van der Waals surface area contributed by atoms with Crippen molar-refractivity contribution in [3.05, 3.63) is 24.3 Å². The Kier molecular flexibility index (Phi) is 7.29. The fraction of sp³-hybridized carbons (Fsp3) is 0.500. The summed E-state index contributed by atoms with van der Waals surface area (Å²) >= 11 is 1.56. The maximum atomic E-state index is 12.4. The van der Waals surface area contributed by atoms with Crippen LogP contribution in [-0.2, 0) is 19.1 Å². The second kappa shape index (κ2) is 9.30. The molecule has 1 aliphatic heterocycles. The van der Waals surface area contributed by atoms with Crippen LogP contribution in [0.2, 0.25) is 0 Å². The molecule has 0 aliphatic carbocycles. The maximum Gasteiger partial charge on any atom is 0.321 e. The van der Waals surface area contributed by atoms with E-state index in [2.05, 4.69) is 10.6 Å². The molecule has 1 aromatic rings. The lowest BCUT2D eigenvalue weighted by molar-refractivity contribution is -0.158. The summed E-state index contributed by atoms with van der Waals surface area (Å²) in [6.45, 7) is 6.90. The van der Waals surface area contributed by atoms with Gasteiger partial charge in [-0.1, -0.05) is 6.07 Å². The van der Waals surface area contributed by atoms with Crippen LogP contribution in [0.15, 0.2) is 29.2 Å². The number of nitrogens with one attached hydrogen (secondary N) is 2. The highest BCUT2D eigenvalue weighted by Gasteiger charge is 2.37. The van der Waals surface area contributed by atoms with Crippen LogP contribution >= 0.6 is 11.8 Å². The number of anilines is 1. The van der Waals surface area contributed by atoms with Crippen molar-refractivity contribution in [1.82, 2.24) is 10.6 Å². The Hall–Kier alpha value is -2.55. The molecule has 2 atom stereocenters. The number of nitrogens with zero attached hydrogens (tertiary/aromatic N) is 1. The Morgan fingerprint density at radius 3 is 2.59 bits per heavy atom. The standard InChI is InChI=1S/C20H27N3O5S/c1-12(17(25)21-19(27)22-20(2,3)4)28-18(26)13-9-16(24)23(11-13)14-7-6-8-15(10-14)29-5/h6-8,10,12-13H,9,11H2,1-5H3,(H2,21,22,25,27)/t12-,13-/m0/s1. The molecule has 2 rings (SSSR count). The molecule has 0 unspecified atom stereocenters. The smallest absolute Gasteiger partial charge is 0.321 e. The van der Waals surface area contributed by atoms with Crippen LogP contribution in [0.3, 0.4) is 0 Å². The monoisotopic (exact) mass is 421 g/mol. The molecule has 4 amide bonds. The van der Waals surface area contributed by atoms with E-state index in [1.165, 1.54) is 6.92 Å². The summed E-state index contributed by atoms with van der Waals surface area (Å²) in [7, 11) is 0. The molecule has 2 N–H and O–H groups in total. The van der Waals surface area contributed by atoms with Gasteiger partial charge in [-0.3, -0.25) is 19.7 Å². The van der Waals surface area contributed by atoms with Gasteiger partial charge in [0.1, 0.15) is 0 Å². The number of amides is 4. The molecule has 0 aromatic heterocycles. The predicted molar refractivity (Wildman–Crippen MR) is 111 cm³/mol. The Morgan fingerprint density at radius 2 is 1.97 bits per heavy atom. The van der Waals surface area contributed by atoms with Crippen molar-refractivity contribution in [3.8, 4) is 0 Å². The molecular weight excluding hydrogens is 394 g/mol. The van der Waals surface area contributed by atoms with Gasteiger partial charge in [0, 0.05) is 29.1 Å². The Balaban J connectivity index is 1.92. The summed E-state index contributed by atoms with van der Waals surface area (Å²) < 4.78 is 5.19. The highest BCUT2D eigenvalue weighted by atomic mass is 32.2. The number of imide groups is 1. The summed E-state index contributed by atoms with van der Waals surface area (Å²) in [5.41, 5.74) is 0.215. The Morgan fingerprint density at radius 1 is 1.28 bits per heavy atom. The highest BCUT2D eigenvalue weighted by Crippen LogP contribution is 2.28. The van der Waals surface area contributed by atoms with Crippen LogP contribution in [0.4, 0.5) is 10.5 Å². The number of thioether (sulfide) groups is 1. The largest absolute Gasteiger partial charge is 0.452 e. The van der Waals surface area contributed by atoms with Crippen molar-refractivity contribution < 1.29 is 23.9 Å². The number of ether oxygens (including phenoxy) is 1. The number of hydrogen-bond acceptors (Lipinski definition) is 6. The second-order valence-electron chi connectivity index (χ2n) is 7.88. The van der Waals surface area contributed by atoms with Crippen LogP contribution in [0.1, 0.15) is 34.1 Å². The van der Waals surface area contributed by atoms with Crippen molar-refractivity contribution in [1.29, 1.82) is 0 Å². The maximum absolute atomic E-state index is 12.4. The lowest BCUT2D eigenvalue weighted by Crippen LogP contribution is -2.50. The molecule has 0 saturated carbocycles. The molecule has 0 bridgehead atoms. The van der Waals surface area contributed by atoms with Crippen LogP contribution in [0.25, 0.3) is 0 Å². The van der Waals surface area contributed by atoms with Crippen molar-refractivity contribution in [2.24, 2.45) is 5.92 Å². The van der Waals surface area contributed by atoms with E-state index in [1.54, 1.807) is 37.4 Å². The van der Waals surface area contributed by atoms with E-state index in [9.17, 15) is 19.2 Å². The van der Waals surface area contributed by atoms with Gasteiger partial charge in [0.15, 0.2) is 6.10 Å². The molecule has 1 heterocycles. The number of hydrogen-bond donors (Lipinski definition) is 2. The SMILES string of the molecule is CSc1cccc(N2C[C@@H](C(=O)O[C@@H](C)C(=O)NC(=O)NC(C)(C)C)CC2=O)c1. The van der Waals surface area contributed by atoms with Crippen LogP contribution in [0.5, 0.6) is 0 Å². The van der Waals surface area contributed by atoms with Gasteiger partial charge in [-0.15, -0.1) is 11.8 Å². The quantitative estimate of drug-likeness (QED) is 0.558. The third-order valence-electron chi connectivity index (χ3n) is 4.21. The molecule has 8 nitrogen and oxygen atoms in total. The molecule has 1 aliphatic rings. The topological polar surface area (TPSA) is 105 Å². The number of urea groups is 1. The lowest BCUT2D eigenvalue weighted by atomic mass is 10.1. The molecule has 29 heavy (non-hydrogen) atoms. The fourth-order valence-corrected chi connectivity index (χ4v) is 3.26. The number of esters is 1. The van der Waals surface area contributed by atoms with E-state index in [1.807, 2.05) is 30.5 Å². The van der Waals surface area contributed by atoms with Crippen LogP contribution in [0, 0.1) is 5.92 Å². The number of rotatable bonds is 5. The van der Waals surface area contributed by atoms with Gasteiger partial charge in [0.05, 0.1) is 5.92 Å². The normalized spacial score (nSPS) is 17.6. The highest BCUT2D eigenvalue weighted by molar-refractivity contribution is 7.98. The molecule has 1 saturated heterocycles. The molecule has 1 aromatic carbocycles. The minimum atomic E-state index is -1.16. The first-order valence-corrected chi connectivity index (χ1v) is 10.5. The summed E-state index contributed by atoms with van der Waals surface area (Å²) in [5, 5.41) is 4.73. The van der Waals surface area contributed by atoms with Gasteiger partial charge in [-0.05, 0) is 52.1 Å². The molecule has 1 fully saturated rings. The number of benzene rings is 1. The second-order valence-corrected chi connectivity index (χ2v) is 8.76. The molecular formula is C20H27N3O5S. The first kappa shape index (κ1) is 22.7. The summed E-state index contributed by atoms with van der Waals surface area (Å²) in [5.74, 6) is -2.21. The van der Waals surface area contributed by atoms with E-state index in [4.69, 9.17) is 4.74 Å². The molecule has 9 heteroatoms. The average molecular weight is 422 g/mol. The van der Waals surface area contributed by atoms with Gasteiger partial charge < -0.3 is 15.0 Å². The average Bonchev–Trinajstić information content (AvgIpc) is 3.01. The Bertz CT molecular complexity index is 806. The number of carbonyl (C=O) groups is 4. The van der Waals surface area contributed by atoms with Gasteiger partial charge in [0.25, 0.3) is 5.91 Å². The van der Waals surface area contributed by atoms with E-state index < -0.39 is 35.5 Å².